The van der Waals surface area contributed by atoms with Crippen molar-refractivity contribution in [2.75, 3.05) is 0 Å². The summed E-state index contributed by atoms with van der Waals surface area (Å²) < 4.78 is 5.02. The normalized spacial score (nSPS) is 13.7. The zero-order valence-electron chi connectivity index (χ0n) is 24.9. The Morgan fingerprint density at radius 2 is 1.33 bits per heavy atom. The Morgan fingerprint density at radius 1 is 0.578 bits per heavy atom. The maximum atomic E-state index is 5.41. The number of para-hydroxylation sites is 1. The molecule has 10 rings (SSSR count). The van der Waals surface area contributed by atoms with Crippen LogP contribution in [-0.2, 0) is 5.41 Å². The Bertz CT molecular complexity index is 2680. The number of hydrogen-bond acceptors (Lipinski definition) is 3. The van der Waals surface area contributed by atoms with E-state index in [1.807, 2.05) is 17.4 Å². The van der Waals surface area contributed by atoms with Gasteiger partial charge in [0.2, 0.25) is 0 Å². The lowest BCUT2D eigenvalue weighted by molar-refractivity contribution is 0.661. The van der Waals surface area contributed by atoms with Crippen molar-refractivity contribution in [1.29, 1.82) is 0 Å². The lowest BCUT2D eigenvalue weighted by Crippen LogP contribution is -2.14. The van der Waals surface area contributed by atoms with Crippen LogP contribution in [0.4, 0.5) is 0 Å². The zero-order chi connectivity index (χ0) is 29.9. The van der Waals surface area contributed by atoms with E-state index in [1.165, 1.54) is 64.2 Å². The molecule has 3 nitrogen and oxygen atoms in total. The van der Waals surface area contributed by atoms with Crippen LogP contribution in [0.25, 0.3) is 81.2 Å². The molecule has 0 atom stereocenters. The molecule has 45 heavy (non-hydrogen) atoms. The summed E-state index contributed by atoms with van der Waals surface area (Å²) in [7, 11) is 0. The first-order chi connectivity index (χ1) is 22.1. The first-order valence-corrected chi connectivity index (χ1v) is 16.3. The van der Waals surface area contributed by atoms with Gasteiger partial charge in [-0.15, -0.1) is 11.3 Å². The molecule has 0 radical (unpaired) electrons. The predicted octanol–water partition coefficient (Wildman–Crippen LogP) is 11.1. The third-order valence-corrected chi connectivity index (χ3v) is 10.9. The van der Waals surface area contributed by atoms with Gasteiger partial charge in [0.1, 0.15) is 5.82 Å². The average Bonchev–Trinajstić information content (AvgIpc) is 3.70. The molecule has 6 aromatic carbocycles. The maximum Gasteiger partial charge on any atom is 0.162 e. The number of nitrogens with zero attached hydrogens (tertiary/aromatic N) is 3. The van der Waals surface area contributed by atoms with Crippen molar-refractivity contribution >= 4 is 64.2 Å². The molecule has 0 saturated carbocycles. The maximum absolute atomic E-state index is 5.41. The second kappa shape index (κ2) is 8.87. The van der Waals surface area contributed by atoms with Crippen LogP contribution in [0.15, 0.2) is 127 Å². The topological polar surface area (TPSA) is 30.7 Å². The van der Waals surface area contributed by atoms with Crippen LogP contribution < -0.4 is 0 Å². The van der Waals surface area contributed by atoms with Crippen LogP contribution in [0.2, 0.25) is 0 Å². The van der Waals surface area contributed by atoms with Crippen LogP contribution in [0.1, 0.15) is 25.0 Å². The molecule has 0 bridgehead atoms. The van der Waals surface area contributed by atoms with Gasteiger partial charge in [-0.05, 0) is 52.6 Å². The summed E-state index contributed by atoms with van der Waals surface area (Å²) in [6.07, 6.45) is 0. The monoisotopic (exact) mass is 593 g/mol. The van der Waals surface area contributed by atoms with Crippen LogP contribution in [0.5, 0.6) is 0 Å². The SMILES string of the molecule is CC1(C)c2ccccc2-c2c1ccc1c2c2ccc3sc4ccccc4c3c2n1-c1nc(-c2ccccc2)nc2ccccc12. The summed E-state index contributed by atoms with van der Waals surface area (Å²) in [5.74, 6) is 1.64. The minimum atomic E-state index is -0.0875. The molecule has 9 aromatic rings. The van der Waals surface area contributed by atoms with Crippen molar-refractivity contribution in [2.24, 2.45) is 0 Å². The van der Waals surface area contributed by atoms with Gasteiger partial charge >= 0.3 is 0 Å². The Morgan fingerprint density at radius 3 is 2.22 bits per heavy atom. The van der Waals surface area contributed by atoms with Gasteiger partial charge in [0.05, 0.1) is 16.6 Å². The fourth-order valence-corrected chi connectivity index (χ4v) is 8.87. The van der Waals surface area contributed by atoms with Crippen molar-refractivity contribution in [2.45, 2.75) is 19.3 Å². The van der Waals surface area contributed by atoms with E-state index in [0.717, 1.165) is 28.1 Å². The quantitative estimate of drug-likeness (QED) is 0.200. The molecule has 0 spiro atoms. The van der Waals surface area contributed by atoms with Gasteiger partial charge in [-0.2, -0.15) is 0 Å². The largest absolute Gasteiger partial charge is 0.292 e. The van der Waals surface area contributed by atoms with Crippen LogP contribution in [-0.4, -0.2) is 14.5 Å². The van der Waals surface area contributed by atoms with Crippen molar-refractivity contribution in [3.05, 3.63) is 139 Å². The van der Waals surface area contributed by atoms with E-state index in [2.05, 4.69) is 140 Å². The summed E-state index contributed by atoms with van der Waals surface area (Å²) in [5, 5.41) is 6.16. The van der Waals surface area contributed by atoms with Crippen molar-refractivity contribution in [3.63, 3.8) is 0 Å². The van der Waals surface area contributed by atoms with Gasteiger partial charge in [0.25, 0.3) is 0 Å². The first kappa shape index (κ1) is 25.1. The van der Waals surface area contributed by atoms with Crippen LogP contribution in [0.3, 0.4) is 0 Å². The molecule has 0 fully saturated rings. The highest BCUT2D eigenvalue weighted by atomic mass is 32.1. The van der Waals surface area contributed by atoms with Gasteiger partial charge < -0.3 is 0 Å². The summed E-state index contributed by atoms with van der Waals surface area (Å²) in [4.78, 5) is 10.5. The smallest absolute Gasteiger partial charge is 0.162 e. The molecule has 3 aromatic heterocycles. The third-order valence-electron chi connectivity index (χ3n) is 9.80. The summed E-state index contributed by atoms with van der Waals surface area (Å²) in [5.41, 5.74) is 9.67. The third kappa shape index (κ3) is 3.29. The van der Waals surface area contributed by atoms with Gasteiger partial charge in [-0.25, -0.2) is 9.97 Å². The molecule has 4 heteroatoms. The number of aromatic nitrogens is 3. The number of fused-ring (bicyclic) bond motifs is 12. The fourth-order valence-electron chi connectivity index (χ4n) is 7.76. The molecule has 0 N–H and O–H groups in total. The predicted molar refractivity (Wildman–Crippen MR) is 190 cm³/mol. The molecule has 3 heterocycles. The highest BCUT2D eigenvalue weighted by Gasteiger charge is 2.37. The van der Waals surface area contributed by atoms with Gasteiger partial charge in [0.15, 0.2) is 5.82 Å². The van der Waals surface area contributed by atoms with E-state index >= 15 is 0 Å². The molecule has 0 aliphatic heterocycles. The second-order valence-corrected chi connectivity index (χ2v) is 13.7. The Kier molecular flexibility index (Phi) is 4.94. The molecule has 0 saturated heterocycles. The highest BCUT2D eigenvalue weighted by molar-refractivity contribution is 7.26. The Hall–Kier alpha value is -5.32. The summed E-state index contributed by atoms with van der Waals surface area (Å²) in [6.45, 7) is 4.72. The fraction of sp³-hybridized carbons (Fsp3) is 0.0732. The summed E-state index contributed by atoms with van der Waals surface area (Å²) >= 11 is 1.86. The van der Waals surface area contributed by atoms with Gasteiger partial charge in [0, 0.05) is 47.3 Å². The molecular weight excluding hydrogens is 567 g/mol. The molecule has 212 valence electrons. The molecule has 0 unspecified atom stereocenters. The van der Waals surface area contributed by atoms with Crippen molar-refractivity contribution in [3.8, 4) is 28.3 Å². The minimum absolute atomic E-state index is 0.0875. The molecule has 1 aliphatic rings. The number of thiophene rings is 1. The van der Waals surface area contributed by atoms with E-state index in [4.69, 9.17) is 9.97 Å². The van der Waals surface area contributed by atoms with Gasteiger partial charge in [-0.3, -0.25) is 4.57 Å². The van der Waals surface area contributed by atoms with Crippen molar-refractivity contribution < 1.29 is 0 Å². The molecule has 0 amide bonds. The number of hydrogen-bond donors (Lipinski definition) is 0. The lowest BCUT2D eigenvalue weighted by atomic mass is 9.82. The number of rotatable bonds is 2. The average molecular weight is 594 g/mol. The molecule has 1 aliphatic carbocycles. The zero-order valence-corrected chi connectivity index (χ0v) is 25.7. The Labute approximate surface area is 264 Å². The van der Waals surface area contributed by atoms with E-state index in [0.29, 0.717) is 0 Å². The van der Waals surface area contributed by atoms with E-state index < -0.39 is 0 Å². The number of benzene rings is 6. The van der Waals surface area contributed by atoms with E-state index in [9.17, 15) is 0 Å². The van der Waals surface area contributed by atoms with Gasteiger partial charge in [-0.1, -0.05) is 111 Å². The summed E-state index contributed by atoms with van der Waals surface area (Å²) in [6, 6.07) is 45.9. The minimum Gasteiger partial charge on any atom is -0.292 e. The lowest BCUT2D eigenvalue weighted by Gasteiger charge is -2.21. The van der Waals surface area contributed by atoms with Crippen LogP contribution >= 0.6 is 11.3 Å². The highest BCUT2D eigenvalue weighted by Crippen LogP contribution is 2.54. The first-order valence-electron chi connectivity index (χ1n) is 15.4. The Balaban J connectivity index is 1.46. The van der Waals surface area contributed by atoms with E-state index in [1.54, 1.807) is 0 Å². The van der Waals surface area contributed by atoms with E-state index in [-0.39, 0.29) is 5.41 Å². The standard InChI is InChI=1S/C41H27N3S/c1-41(2)29-17-9-6-14-25(29)35-30(41)21-22-32-36(35)28-20-23-34-37(27-16-8-11-19-33(27)45-34)38(28)44(32)40-26-15-7-10-18-31(26)42-39(43-40)24-12-4-3-5-13-24/h3-23H,1-2H3. The second-order valence-electron chi connectivity index (χ2n) is 12.6. The molecular formula is C41H27N3S. The van der Waals surface area contributed by atoms with Crippen molar-refractivity contribution in [1.82, 2.24) is 14.5 Å². The van der Waals surface area contributed by atoms with Crippen LogP contribution in [0, 0.1) is 0 Å².